The second-order valence-corrected chi connectivity index (χ2v) is 10.5. The molecular weight excluding hydrogens is 514 g/mol. The van der Waals surface area contributed by atoms with Crippen molar-refractivity contribution in [2.24, 2.45) is 0 Å². The molecule has 0 atom stereocenters. The van der Waals surface area contributed by atoms with E-state index in [1.165, 1.54) is 56.3 Å². The topological polar surface area (TPSA) is 82.4 Å². The standard InChI is InChI=1S/C10H22N.C4F10NO4S2/c1-3-7-11(8-4-2)9-5-6-10-11;5-1(6,7)3(11,12)20(16,17)15-21(18,19)4(13,14)2(8,9)10/h3-10H2,1-2H3;/q+1;-1. The molecule has 32 heavy (non-hydrogen) atoms. The Labute approximate surface area is 178 Å². The van der Waals surface area contributed by atoms with Crippen molar-refractivity contribution in [1.29, 1.82) is 0 Å². The van der Waals surface area contributed by atoms with Crippen LogP contribution < -0.4 is 0 Å². The van der Waals surface area contributed by atoms with Crippen LogP contribution >= 0.6 is 0 Å². The lowest BCUT2D eigenvalue weighted by Gasteiger charge is -2.33. The van der Waals surface area contributed by atoms with Crippen LogP contribution in [0.3, 0.4) is 0 Å². The number of hydrogen-bond donors (Lipinski definition) is 0. The molecular formula is C14H22F10N2O4S2. The van der Waals surface area contributed by atoms with Crippen LogP contribution in [0.2, 0.25) is 0 Å². The molecule has 1 rings (SSSR count). The van der Waals surface area contributed by atoms with Crippen molar-refractivity contribution >= 4 is 20.0 Å². The molecule has 1 aliphatic heterocycles. The quantitative estimate of drug-likeness (QED) is 0.331. The minimum atomic E-state index is -7.62. The van der Waals surface area contributed by atoms with Crippen LogP contribution in [0, 0.1) is 0 Å². The number of quaternary nitrogens is 1. The van der Waals surface area contributed by atoms with E-state index in [-0.39, 0.29) is 0 Å². The maximum Gasteiger partial charge on any atom is 0.467 e. The van der Waals surface area contributed by atoms with Gasteiger partial charge in [-0.2, -0.15) is 43.9 Å². The summed E-state index contributed by atoms with van der Waals surface area (Å²) in [6.45, 7) is 10.4. The summed E-state index contributed by atoms with van der Waals surface area (Å²) in [6.07, 6.45) is -8.34. The SMILES string of the molecule is CCC[N+]1(CCC)CCCC1.O=S(=O)([N-]S(=O)(=O)C(F)(F)C(F)(F)F)C(F)(F)C(F)(F)F. The number of alkyl halides is 10. The minimum Gasteiger partial charge on any atom is -0.425 e. The predicted octanol–water partition coefficient (Wildman–Crippen LogP) is 4.75. The number of rotatable bonds is 8. The smallest absolute Gasteiger partial charge is 0.425 e. The molecule has 0 spiro atoms. The zero-order chi connectivity index (χ0) is 25.9. The summed E-state index contributed by atoms with van der Waals surface area (Å²) >= 11 is 0. The van der Waals surface area contributed by atoms with Crippen molar-refractivity contribution in [3.63, 3.8) is 0 Å². The fourth-order valence-electron chi connectivity index (χ4n) is 3.03. The van der Waals surface area contributed by atoms with Gasteiger partial charge in [0.25, 0.3) is 0 Å². The molecule has 0 aromatic carbocycles. The molecule has 0 N–H and O–H groups in total. The molecule has 1 saturated heterocycles. The Hall–Kier alpha value is -0.880. The summed E-state index contributed by atoms with van der Waals surface area (Å²) in [5.74, 6) is 0. The Bertz CT molecular complexity index is 755. The van der Waals surface area contributed by atoms with E-state index in [1.54, 1.807) is 0 Å². The number of hydrogen-bond acceptors (Lipinski definition) is 4. The van der Waals surface area contributed by atoms with Crippen molar-refractivity contribution in [1.82, 2.24) is 0 Å². The number of halogens is 10. The first-order chi connectivity index (χ1) is 14.0. The summed E-state index contributed by atoms with van der Waals surface area (Å²) in [5.41, 5.74) is 0. The lowest BCUT2D eigenvalue weighted by atomic mass is 10.3. The second kappa shape index (κ2) is 10.2. The van der Waals surface area contributed by atoms with E-state index in [0.29, 0.717) is 4.13 Å². The maximum atomic E-state index is 12.3. The average Bonchev–Trinajstić information content (AvgIpc) is 3.01. The molecule has 1 aliphatic rings. The highest BCUT2D eigenvalue weighted by atomic mass is 32.3. The Kier molecular flexibility index (Phi) is 9.89. The molecule has 1 fully saturated rings. The summed E-state index contributed by atoms with van der Waals surface area (Å²) in [5, 5.41) is -14.0. The summed E-state index contributed by atoms with van der Waals surface area (Å²) in [6, 6.07) is 0. The molecule has 0 unspecified atom stereocenters. The van der Waals surface area contributed by atoms with E-state index in [2.05, 4.69) is 13.8 Å². The van der Waals surface area contributed by atoms with Gasteiger partial charge < -0.3 is 8.61 Å². The third kappa shape index (κ3) is 6.82. The number of nitrogens with zero attached hydrogens (tertiary/aromatic N) is 2. The zero-order valence-electron chi connectivity index (χ0n) is 16.8. The fourth-order valence-corrected chi connectivity index (χ4v) is 5.40. The normalized spacial score (nSPS) is 18.2. The Morgan fingerprint density at radius 2 is 0.938 bits per heavy atom. The van der Waals surface area contributed by atoms with Crippen molar-refractivity contribution in [2.75, 3.05) is 26.2 Å². The van der Waals surface area contributed by atoms with Crippen molar-refractivity contribution in [3.8, 4) is 0 Å². The summed E-state index contributed by atoms with van der Waals surface area (Å²) in [7, 11) is -15.2. The van der Waals surface area contributed by atoms with E-state index in [9.17, 15) is 60.7 Å². The molecule has 0 bridgehead atoms. The van der Waals surface area contributed by atoms with Gasteiger partial charge in [-0.3, -0.25) is 0 Å². The van der Waals surface area contributed by atoms with Crippen LogP contribution in [-0.4, -0.2) is 70.4 Å². The lowest BCUT2D eigenvalue weighted by Crippen LogP contribution is -2.48. The van der Waals surface area contributed by atoms with Gasteiger partial charge in [0.05, 0.1) is 26.2 Å². The highest BCUT2D eigenvalue weighted by molar-refractivity contribution is 8.13. The Morgan fingerprint density at radius 3 is 1.16 bits per heavy atom. The molecule has 18 heteroatoms. The van der Waals surface area contributed by atoms with Crippen LogP contribution in [0.15, 0.2) is 0 Å². The van der Waals surface area contributed by atoms with Gasteiger partial charge in [0, 0.05) is 12.8 Å². The predicted molar refractivity (Wildman–Crippen MR) is 92.7 cm³/mol. The van der Waals surface area contributed by atoms with Crippen molar-refractivity contribution < 1.29 is 65.2 Å². The zero-order valence-corrected chi connectivity index (χ0v) is 18.4. The highest BCUT2D eigenvalue weighted by Gasteiger charge is 2.68. The highest BCUT2D eigenvalue weighted by Crippen LogP contribution is 2.47. The van der Waals surface area contributed by atoms with Gasteiger partial charge in [-0.15, -0.1) is 0 Å². The third-order valence-electron chi connectivity index (χ3n) is 4.42. The molecule has 0 radical (unpaired) electrons. The van der Waals surface area contributed by atoms with E-state index < -0.39 is 42.9 Å². The first-order valence-corrected chi connectivity index (χ1v) is 11.9. The van der Waals surface area contributed by atoms with Crippen LogP contribution in [-0.2, 0) is 20.0 Å². The van der Waals surface area contributed by atoms with E-state index in [4.69, 9.17) is 0 Å². The monoisotopic (exact) mass is 536 g/mol. The van der Waals surface area contributed by atoms with Crippen LogP contribution in [0.4, 0.5) is 43.9 Å². The first-order valence-electron chi connectivity index (χ1n) is 9.01. The molecule has 0 aromatic rings. The van der Waals surface area contributed by atoms with Gasteiger partial charge >= 0.3 is 22.9 Å². The summed E-state index contributed by atoms with van der Waals surface area (Å²) < 4.78 is 162. The Morgan fingerprint density at radius 1 is 0.656 bits per heavy atom. The molecule has 1 heterocycles. The molecule has 194 valence electrons. The fraction of sp³-hybridized carbons (Fsp3) is 1.00. The summed E-state index contributed by atoms with van der Waals surface area (Å²) in [4.78, 5) is 0. The molecule has 0 aromatic heterocycles. The number of sulfonamides is 2. The van der Waals surface area contributed by atoms with Gasteiger partial charge in [-0.05, 0) is 12.8 Å². The van der Waals surface area contributed by atoms with Gasteiger partial charge in [0.1, 0.15) is 0 Å². The first kappa shape index (κ1) is 31.1. The van der Waals surface area contributed by atoms with Crippen molar-refractivity contribution in [3.05, 3.63) is 4.13 Å². The molecule has 0 aliphatic carbocycles. The third-order valence-corrected chi connectivity index (χ3v) is 7.74. The Balaban J connectivity index is 0.000000726. The van der Waals surface area contributed by atoms with Gasteiger partial charge in [0.15, 0.2) is 20.0 Å². The van der Waals surface area contributed by atoms with Crippen molar-refractivity contribution in [2.45, 2.75) is 62.4 Å². The minimum absolute atomic E-state index is 0.422. The van der Waals surface area contributed by atoms with Gasteiger partial charge in [-0.25, -0.2) is 16.8 Å². The molecule has 0 saturated carbocycles. The van der Waals surface area contributed by atoms with E-state index >= 15 is 0 Å². The lowest BCUT2D eigenvalue weighted by molar-refractivity contribution is -0.916. The number of likely N-dealkylation sites (tertiary alicyclic amines) is 1. The van der Waals surface area contributed by atoms with E-state index in [1.807, 2.05) is 0 Å². The van der Waals surface area contributed by atoms with Gasteiger partial charge in [0.2, 0.25) is 0 Å². The largest absolute Gasteiger partial charge is 0.467 e. The molecule has 6 nitrogen and oxygen atoms in total. The van der Waals surface area contributed by atoms with Gasteiger partial charge in [-0.1, -0.05) is 13.8 Å². The second-order valence-electron chi connectivity index (χ2n) is 7.00. The van der Waals surface area contributed by atoms with Crippen LogP contribution in [0.1, 0.15) is 39.5 Å². The maximum absolute atomic E-state index is 12.3. The van der Waals surface area contributed by atoms with E-state index in [0.717, 1.165) is 0 Å². The van der Waals surface area contributed by atoms with Crippen LogP contribution in [0.25, 0.3) is 4.13 Å². The van der Waals surface area contributed by atoms with Crippen LogP contribution in [0.5, 0.6) is 0 Å². The molecule has 0 amide bonds. The average molecular weight is 536 g/mol.